The van der Waals surface area contributed by atoms with Crippen LogP contribution < -0.4 is 10.1 Å². The van der Waals surface area contributed by atoms with E-state index in [9.17, 15) is 19.5 Å². The number of imide groups is 1. The van der Waals surface area contributed by atoms with E-state index in [0.29, 0.717) is 27.4 Å². The smallest absolute Gasteiger partial charge is 0.294 e. The van der Waals surface area contributed by atoms with Crippen LogP contribution in [-0.4, -0.2) is 40.2 Å². The molecular weight excluding hydrogens is 496 g/mol. The van der Waals surface area contributed by atoms with Gasteiger partial charge in [0.15, 0.2) is 11.5 Å². The summed E-state index contributed by atoms with van der Waals surface area (Å²) in [5, 5.41) is 12.6. The van der Waals surface area contributed by atoms with Crippen LogP contribution >= 0.6 is 39.3 Å². The zero-order valence-electron chi connectivity index (χ0n) is 15.6. The minimum atomic E-state index is -0.571. The number of benzene rings is 2. The van der Waals surface area contributed by atoms with Crippen LogP contribution in [0, 0.1) is 0 Å². The first-order chi connectivity index (χ1) is 14.3. The van der Waals surface area contributed by atoms with E-state index < -0.39 is 23.6 Å². The number of amides is 3. The number of rotatable bonds is 6. The van der Waals surface area contributed by atoms with Crippen molar-refractivity contribution >= 4 is 68.1 Å². The van der Waals surface area contributed by atoms with Crippen LogP contribution in [0.4, 0.5) is 10.5 Å². The van der Waals surface area contributed by atoms with Gasteiger partial charge in [-0.2, -0.15) is 0 Å². The standard InChI is InChI=1S/C20H16BrClN2O5S/c1-2-29-15-8-11(7-14(21)18(15)26)9-16-19(27)24(20(28)30-16)10-17(25)23-13-5-3-12(22)4-6-13/h3-9,26H,2,10H2,1H3,(H,23,25)/b16-9+. The normalized spacial score (nSPS) is 15.0. The van der Waals surface area contributed by atoms with Crippen molar-refractivity contribution in [3.05, 3.63) is 56.4 Å². The lowest BCUT2D eigenvalue weighted by molar-refractivity contribution is -0.127. The lowest BCUT2D eigenvalue weighted by Crippen LogP contribution is -2.36. The Labute approximate surface area is 190 Å². The first-order valence-corrected chi connectivity index (χ1v) is 10.7. The zero-order valence-corrected chi connectivity index (χ0v) is 18.8. The lowest BCUT2D eigenvalue weighted by atomic mass is 10.2. The molecule has 0 radical (unpaired) electrons. The highest BCUT2D eigenvalue weighted by molar-refractivity contribution is 9.10. The molecule has 0 aliphatic carbocycles. The molecule has 0 spiro atoms. The summed E-state index contributed by atoms with van der Waals surface area (Å²) in [5.41, 5.74) is 1.06. The number of phenols is 1. The van der Waals surface area contributed by atoms with Crippen LogP contribution in [0.25, 0.3) is 6.08 Å². The third kappa shape index (κ3) is 5.16. The number of halogens is 2. The van der Waals surface area contributed by atoms with Crippen molar-refractivity contribution in [2.24, 2.45) is 0 Å². The molecule has 30 heavy (non-hydrogen) atoms. The summed E-state index contributed by atoms with van der Waals surface area (Å²) in [6.07, 6.45) is 1.51. The van der Waals surface area contributed by atoms with Gasteiger partial charge in [-0.15, -0.1) is 0 Å². The van der Waals surface area contributed by atoms with Crippen LogP contribution in [-0.2, 0) is 9.59 Å². The van der Waals surface area contributed by atoms with Crippen LogP contribution in [0.2, 0.25) is 5.02 Å². The topological polar surface area (TPSA) is 95.9 Å². The molecule has 1 heterocycles. The summed E-state index contributed by atoms with van der Waals surface area (Å²) in [6.45, 7) is 1.72. The van der Waals surface area contributed by atoms with E-state index in [4.69, 9.17) is 16.3 Å². The van der Waals surface area contributed by atoms with Gasteiger partial charge >= 0.3 is 0 Å². The summed E-state index contributed by atoms with van der Waals surface area (Å²) in [7, 11) is 0. The highest BCUT2D eigenvalue weighted by atomic mass is 79.9. The fraction of sp³-hybridized carbons (Fsp3) is 0.150. The van der Waals surface area contributed by atoms with Crippen molar-refractivity contribution in [3.63, 3.8) is 0 Å². The Kier molecular flexibility index (Phi) is 7.06. The Bertz CT molecular complexity index is 1040. The van der Waals surface area contributed by atoms with Crippen molar-refractivity contribution in [2.45, 2.75) is 6.92 Å². The van der Waals surface area contributed by atoms with Crippen molar-refractivity contribution in [1.82, 2.24) is 4.90 Å². The molecule has 1 aliphatic rings. The molecule has 0 atom stereocenters. The molecule has 1 aliphatic heterocycles. The number of hydrogen-bond donors (Lipinski definition) is 2. The van der Waals surface area contributed by atoms with E-state index >= 15 is 0 Å². The number of thioether (sulfide) groups is 1. The largest absolute Gasteiger partial charge is 0.503 e. The average Bonchev–Trinajstić information content (AvgIpc) is 2.95. The number of anilines is 1. The van der Waals surface area contributed by atoms with Crippen LogP contribution in [0.5, 0.6) is 11.5 Å². The van der Waals surface area contributed by atoms with E-state index in [1.54, 1.807) is 43.3 Å². The lowest BCUT2D eigenvalue weighted by Gasteiger charge is -2.12. The SMILES string of the molecule is CCOc1cc(/C=C2/SC(=O)N(CC(=O)Nc3ccc(Cl)cc3)C2=O)cc(Br)c1O. The monoisotopic (exact) mass is 510 g/mol. The Morgan fingerprint density at radius 1 is 1.30 bits per heavy atom. The van der Waals surface area contributed by atoms with E-state index in [-0.39, 0.29) is 16.4 Å². The third-order valence-corrected chi connectivity index (χ3v) is 5.72. The minimum Gasteiger partial charge on any atom is -0.503 e. The molecule has 2 aromatic carbocycles. The number of nitrogens with zero attached hydrogens (tertiary/aromatic N) is 1. The predicted octanol–water partition coefficient (Wildman–Crippen LogP) is 4.88. The second kappa shape index (κ2) is 9.55. The number of hydrogen-bond acceptors (Lipinski definition) is 6. The molecule has 7 nitrogen and oxygen atoms in total. The van der Waals surface area contributed by atoms with Gasteiger partial charge in [-0.05, 0) is 82.7 Å². The summed E-state index contributed by atoms with van der Waals surface area (Å²) in [5.74, 6) is -0.883. The number of ether oxygens (including phenoxy) is 1. The third-order valence-electron chi connectivity index (χ3n) is 3.95. The van der Waals surface area contributed by atoms with Gasteiger partial charge in [0, 0.05) is 10.7 Å². The zero-order chi connectivity index (χ0) is 21.8. The van der Waals surface area contributed by atoms with Gasteiger partial charge in [0.1, 0.15) is 6.54 Å². The van der Waals surface area contributed by atoms with Gasteiger partial charge in [-0.3, -0.25) is 19.3 Å². The molecular formula is C20H16BrClN2O5S. The number of phenolic OH excluding ortho intramolecular Hbond substituents is 1. The average molecular weight is 512 g/mol. The van der Waals surface area contributed by atoms with Crippen LogP contribution in [0.1, 0.15) is 12.5 Å². The predicted molar refractivity (Wildman–Crippen MR) is 120 cm³/mol. The van der Waals surface area contributed by atoms with Crippen LogP contribution in [0.3, 0.4) is 0 Å². The first-order valence-electron chi connectivity index (χ1n) is 8.74. The van der Waals surface area contributed by atoms with E-state index in [1.165, 1.54) is 6.08 Å². The molecule has 0 unspecified atom stereocenters. The van der Waals surface area contributed by atoms with E-state index in [1.807, 2.05) is 0 Å². The Hall–Kier alpha value is -2.49. The Morgan fingerprint density at radius 3 is 2.67 bits per heavy atom. The number of aromatic hydroxyl groups is 1. The number of carbonyl (C=O) groups is 3. The van der Waals surface area contributed by atoms with E-state index in [2.05, 4.69) is 21.2 Å². The summed E-state index contributed by atoms with van der Waals surface area (Å²) >= 11 is 9.78. The quantitative estimate of drug-likeness (QED) is 0.537. The fourth-order valence-electron chi connectivity index (χ4n) is 2.61. The molecule has 1 saturated heterocycles. The van der Waals surface area contributed by atoms with Crippen molar-refractivity contribution in [3.8, 4) is 11.5 Å². The van der Waals surface area contributed by atoms with Gasteiger partial charge in [-0.25, -0.2) is 0 Å². The summed E-state index contributed by atoms with van der Waals surface area (Å²) in [4.78, 5) is 38.2. The van der Waals surface area contributed by atoms with Gasteiger partial charge in [-0.1, -0.05) is 11.6 Å². The van der Waals surface area contributed by atoms with Crippen LogP contribution in [0.15, 0.2) is 45.8 Å². The van der Waals surface area contributed by atoms with Gasteiger partial charge in [0.25, 0.3) is 11.1 Å². The molecule has 0 aromatic heterocycles. The van der Waals surface area contributed by atoms with Crippen molar-refractivity contribution in [1.29, 1.82) is 0 Å². The second-order valence-electron chi connectivity index (χ2n) is 6.11. The first kappa shape index (κ1) is 22.2. The van der Waals surface area contributed by atoms with Gasteiger partial charge in [0.05, 0.1) is 16.0 Å². The molecule has 0 saturated carbocycles. The minimum absolute atomic E-state index is 0.0547. The summed E-state index contributed by atoms with van der Waals surface area (Å²) in [6, 6.07) is 9.63. The fourth-order valence-corrected chi connectivity index (χ4v) is 4.03. The Balaban J connectivity index is 1.74. The van der Waals surface area contributed by atoms with Crippen molar-refractivity contribution in [2.75, 3.05) is 18.5 Å². The molecule has 3 rings (SSSR count). The molecule has 0 bridgehead atoms. The molecule has 1 fully saturated rings. The molecule has 3 amide bonds. The maximum Gasteiger partial charge on any atom is 0.294 e. The molecule has 2 aromatic rings. The Morgan fingerprint density at radius 2 is 2.00 bits per heavy atom. The van der Waals surface area contributed by atoms with Gasteiger partial charge in [0.2, 0.25) is 5.91 Å². The number of nitrogens with one attached hydrogen (secondary N) is 1. The van der Waals surface area contributed by atoms with Gasteiger partial charge < -0.3 is 15.2 Å². The number of carbonyl (C=O) groups excluding carboxylic acids is 3. The maximum atomic E-state index is 12.6. The van der Waals surface area contributed by atoms with Crippen molar-refractivity contribution < 1.29 is 24.2 Å². The summed E-state index contributed by atoms with van der Waals surface area (Å²) < 4.78 is 5.76. The molecule has 2 N–H and O–H groups in total. The highest BCUT2D eigenvalue weighted by Crippen LogP contribution is 2.38. The van der Waals surface area contributed by atoms with E-state index in [0.717, 1.165) is 16.7 Å². The molecule has 10 heteroatoms. The second-order valence-corrected chi connectivity index (χ2v) is 8.39. The maximum absolute atomic E-state index is 12.6. The highest BCUT2D eigenvalue weighted by Gasteiger charge is 2.36. The molecule has 156 valence electrons.